The van der Waals surface area contributed by atoms with Crippen LogP contribution in [0.2, 0.25) is 0 Å². The summed E-state index contributed by atoms with van der Waals surface area (Å²) in [6.45, 7) is 2.54. The van der Waals surface area contributed by atoms with E-state index in [4.69, 9.17) is 9.47 Å². The van der Waals surface area contributed by atoms with Crippen LogP contribution < -0.4 is 14.8 Å². The molecule has 0 aliphatic carbocycles. The van der Waals surface area contributed by atoms with Crippen molar-refractivity contribution in [3.05, 3.63) is 27.8 Å². The first-order chi connectivity index (χ1) is 9.66. The van der Waals surface area contributed by atoms with Crippen LogP contribution in [0.25, 0.3) is 0 Å². The fourth-order valence-electron chi connectivity index (χ4n) is 2.30. The molecule has 0 spiro atoms. The molecule has 0 radical (unpaired) electrons. The van der Waals surface area contributed by atoms with Crippen molar-refractivity contribution >= 4 is 24.0 Å². The van der Waals surface area contributed by atoms with Gasteiger partial charge in [-0.05, 0) is 6.07 Å². The molecule has 0 bridgehead atoms. The molecule has 1 amide bonds. The zero-order chi connectivity index (χ0) is 14.1. The number of ether oxygens (including phenoxy) is 2. The number of piperazine rings is 1. The molecule has 9 heteroatoms. The molecule has 1 aromatic rings. The Bertz CT molecular complexity index is 574. The van der Waals surface area contributed by atoms with Gasteiger partial charge in [-0.1, -0.05) is 0 Å². The van der Waals surface area contributed by atoms with Gasteiger partial charge in [-0.2, -0.15) is 0 Å². The Morgan fingerprint density at radius 2 is 2.00 bits per heavy atom. The van der Waals surface area contributed by atoms with Gasteiger partial charge < -0.3 is 19.7 Å². The smallest absolute Gasteiger partial charge is 0.315 e. The number of hydrogen-bond acceptors (Lipinski definition) is 6. The van der Waals surface area contributed by atoms with E-state index in [2.05, 4.69) is 5.32 Å². The summed E-state index contributed by atoms with van der Waals surface area (Å²) in [5, 5.41) is 14.2. The van der Waals surface area contributed by atoms with E-state index < -0.39 is 4.92 Å². The van der Waals surface area contributed by atoms with Gasteiger partial charge in [0.1, 0.15) is 0 Å². The molecule has 8 nitrogen and oxygen atoms in total. The highest BCUT2D eigenvalue weighted by Gasteiger charge is 2.29. The van der Waals surface area contributed by atoms with Gasteiger partial charge in [0.15, 0.2) is 5.75 Å². The van der Waals surface area contributed by atoms with Crippen molar-refractivity contribution in [3.63, 3.8) is 0 Å². The predicted octanol–water partition coefficient (Wildman–Crippen LogP) is 0.791. The molecule has 0 saturated carbocycles. The molecule has 2 aliphatic heterocycles. The van der Waals surface area contributed by atoms with Crippen LogP contribution in [0.15, 0.2) is 12.1 Å². The van der Waals surface area contributed by atoms with Crippen molar-refractivity contribution in [2.24, 2.45) is 0 Å². The molecule has 2 aliphatic rings. The number of fused-ring (bicyclic) bond motifs is 1. The van der Waals surface area contributed by atoms with Crippen molar-refractivity contribution in [1.82, 2.24) is 10.2 Å². The molecular formula is C12H14ClN3O5. The average molecular weight is 316 g/mol. The summed E-state index contributed by atoms with van der Waals surface area (Å²) in [7, 11) is 0. The van der Waals surface area contributed by atoms with Gasteiger partial charge in [0.2, 0.25) is 12.5 Å². The van der Waals surface area contributed by atoms with E-state index in [0.717, 1.165) is 13.1 Å². The van der Waals surface area contributed by atoms with Crippen molar-refractivity contribution < 1.29 is 19.2 Å². The molecule has 1 N–H and O–H groups in total. The monoisotopic (exact) mass is 315 g/mol. The molecule has 21 heavy (non-hydrogen) atoms. The normalized spacial score (nSPS) is 16.3. The van der Waals surface area contributed by atoms with Crippen LogP contribution in [0.3, 0.4) is 0 Å². The lowest BCUT2D eigenvalue weighted by atomic mass is 10.1. The van der Waals surface area contributed by atoms with Crippen molar-refractivity contribution in [1.29, 1.82) is 0 Å². The SMILES string of the molecule is Cl.O=C(c1cc2c(c([N+](=O)[O-])c1)OCO2)N1CCNCC1. The summed E-state index contributed by atoms with van der Waals surface area (Å²) in [4.78, 5) is 24.5. The highest BCUT2D eigenvalue weighted by atomic mass is 35.5. The first-order valence-electron chi connectivity index (χ1n) is 6.25. The topological polar surface area (TPSA) is 93.9 Å². The molecule has 1 fully saturated rings. The maximum Gasteiger partial charge on any atom is 0.315 e. The molecule has 114 valence electrons. The molecule has 0 atom stereocenters. The fraction of sp³-hybridized carbons (Fsp3) is 0.417. The lowest BCUT2D eigenvalue weighted by molar-refractivity contribution is -0.385. The summed E-state index contributed by atoms with van der Waals surface area (Å²) < 4.78 is 10.2. The summed E-state index contributed by atoms with van der Waals surface area (Å²) in [5.41, 5.74) is 0.0151. The second kappa shape index (κ2) is 6.15. The molecule has 1 aromatic carbocycles. The molecule has 2 heterocycles. The lowest BCUT2D eigenvalue weighted by Gasteiger charge is -2.27. The number of hydrogen-bond donors (Lipinski definition) is 1. The number of carbonyl (C=O) groups is 1. The van der Waals surface area contributed by atoms with Crippen LogP contribution in [0.1, 0.15) is 10.4 Å². The minimum Gasteiger partial charge on any atom is -0.453 e. The summed E-state index contributed by atoms with van der Waals surface area (Å²) >= 11 is 0. The Labute approximate surface area is 126 Å². The van der Waals surface area contributed by atoms with E-state index in [1.807, 2.05) is 0 Å². The van der Waals surface area contributed by atoms with Crippen LogP contribution in [-0.4, -0.2) is 48.7 Å². The number of amides is 1. The Kier molecular flexibility index (Phi) is 4.49. The quantitative estimate of drug-likeness (QED) is 0.640. The minimum atomic E-state index is -0.567. The van der Waals surface area contributed by atoms with Crippen LogP contribution in [-0.2, 0) is 0 Å². The van der Waals surface area contributed by atoms with E-state index in [9.17, 15) is 14.9 Å². The molecular weight excluding hydrogens is 302 g/mol. The molecule has 1 saturated heterocycles. The summed E-state index contributed by atoms with van der Waals surface area (Å²) in [6.07, 6.45) is 0. The lowest BCUT2D eigenvalue weighted by Crippen LogP contribution is -2.46. The summed E-state index contributed by atoms with van der Waals surface area (Å²) in [5.74, 6) is 0.109. The second-order valence-electron chi connectivity index (χ2n) is 4.53. The first kappa shape index (κ1) is 15.3. The van der Waals surface area contributed by atoms with Crippen LogP contribution in [0.4, 0.5) is 5.69 Å². The molecule has 0 aromatic heterocycles. The zero-order valence-corrected chi connectivity index (χ0v) is 11.9. The highest BCUT2D eigenvalue weighted by Crippen LogP contribution is 2.41. The maximum absolute atomic E-state index is 12.4. The van der Waals surface area contributed by atoms with Crippen LogP contribution in [0.5, 0.6) is 11.5 Å². The Morgan fingerprint density at radius 3 is 2.67 bits per heavy atom. The van der Waals surface area contributed by atoms with Crippen molar-refractivity contribution in [2.45, 2.75) is 0 Å². The number of nitrogens with zero attached hydrogens (tertiary/aromatic N) is 2. The number of nitro benzene ring substituents is 1. The molecule has 0 unspecified atom stereocenters. The third kappa shape index (κ3) is 2.86. The first-order valence-corrected chi connectivity index (χ1v) is 6.25. The van der Waals surface area contributed by atoms with Gasteiger partial charge in [-0.3, -0.25) is 14.9 Å². The van der Waals surface area contributed by atoms with Crippen molar-refractivity contribution in [3.8, 4) is 11.5 Å². The van der Waals surface area contributed by atoms with E-state index >= 15 is 0 Å². The average Bonchev–Trinajstić information content (AvgIpc) is 2.94. The third-order valence-electron chi connectivity index (χ3n) is 3.30. The van der Waals surface area contributed by atoms with Gasteiger partial charge in [-0.15, -0.1) is 12.4 Å². The number of benzene rings is 1. The maximum atomic E-state index is 12.4. The number of nitro groups is 1. The highest BCUT2D eigenvalue weighted by molar-refractivity contribution is 5.96. The fourth-order valence-corrected chi connectivity index (χ4v) is 2.30. The number of nitrogens with one attached hydrogen (secondary N) is 1. The van der Waals surface area contributed by atoms with E-state index in [-0.39, 0.29) is 47.9 Å². The number of carbonyl (C=O) groups excluding carboxylic acids is 1. The van der Waals surface area contributed by atoms with Crippen LogP contribution in [0, 0.1) is 10.1 Å². The largest absolute Gasteiger partial charge is 0.453 e. The number of rotatable bonds is 2. The van der Waals surface area contributed by atoms with Crippen LogP contribution >= 0.6 is 12.4 Å². The van der Waals surface area contributed by atoms with Gasteiger partial charge >= 0.3 is 5.69 Å². The number of halogens is 1. The van der Waals surface area contributed by atoms with Gasteiger partial charge in [0.25, 0.3) is 5.91 Å². The Hall–Kier alpha value is -2.06. The van der Waals surface area contributed by atoms with Crippen molar-refractivity contribution in [2.75, 3.05) is 33.0 Å². The van der Waals surface area contributed by atoms with E-state index in [0.29, 0.717) is 13.1 Å². The molecule has 3 rings (SSSR count). The van der Waals surface area contributed by atoms with Gasteiger partial charge in [0, 0.05) is 32.2 Å². The third-order valence-corrected chi connectivity index (χ3v) is 3.30. The Balaban J connectivity index is 0.00000161. The van der Waals surface area contributed by atoms with Gasteiger partial charge in [0.05, 0.1) is 10.5 Å². The predicted molar refractivity (Wildman–Crippen MR) is 75.2 cm³/mol. The zero-order valence-electron chi connectivity index (χ0n) is 11.0. The minimum absolute atomic E-state index is 0. The van der Waals surface area contributed by atoms with E-state index in [1.54, 1.807) is 4.90 Å². The second-order valence-corrected chi connectivity index (χ2v) is 4.53. The Morgan fingerprint density at radius 1 is 1.29 bits per heavy atom. The van der Waals surface area contributed by atoms with E-state index in [1.165, 1.54) is 12.1 Å². The standard InChI is InChI=1S/C12H13N3O5.ClH/c16-12(14-3-1-13-2-4-14)8-5-9(15(17)18)11-10(6-8)19-7-20-11;/h5-6,13H,1-4,7H2;1H. The van der Waals surface area contributed by atoms with Gasteiger partial charge in [-0.25, -0.2) is 0 Å². The summed E-state index contributed by atoms with van der Waals surface area (Å²) in [6, 6.07) is 2.75.